The summed E-state index contributed by atoms with van der Waals surface area (Å²) in [5, 5.41) is 9.09. The number of aromatic carboxylic acids is 1. The van der Waals surface area contributed by atoms with Crippen LogP contribution in [0.2, 0.25) is 0 Å². The summed E-state index contributed by atoms with van der Waals surface area (Å²) in [4.78, 5) is 11.1. The van der Waals surface area contributed by atoms with Crippen LogP contribution < -0.4 is 0 Å². The smallest absolute Gasteiger partial charge is 0.335 e. The number of rotatable bonds is 4. The number of hydrogen-bond donors (Lipinski definition) is 1. The molecule has 82 valence electrons. The van der Waals surface area contributed by atoms with E-state index in [4.69, 9.17) is 5.11 Å². The lowest BCUT2D eigenvalue weighted by Crippen LogP contribution is -2.11. The van der Waals surface area contributed by atoms with Gasteiger partial charge < -0.3 is 5.11 Å². The topological polar surface area (TPSA) is 37.3 Å². The molecule has 1 aromatic carbocycles. The molecular weight excluding hydrogens is 188 g/mol. The standard InChI is InChI=1S/C13H18O2/c1-4-10(9(2)3)11-7-5-6-8-12(11)13(14)15/h5-10H,4H2,1-3H3,(H,14,15)/t10-/m0/s1. The van der Waals surface area contributed by atoms with Crippen molar-refractivity contribution in [2.24, 2.45) is 5.92 Å². The number of carboxylic acid groups (broad SMARTS) is 1. The Morgan fingerprint density at radius 2 is 1.93 bits per heavy atom. The third-order valence-electron chi connectivity index (χ3n) is 2.84. The van der Waals surface area contributed by atoms with Crippen molar-refractivity contribution in [3.05, 3.63) is 35.4 Å². The van der Waals surface area contributed by atoms with Crippen LogP contribution in [0.1, 0.15) is 49.0 Å². The van der Waals surface area contributed by atoms with Crippen molar-refractivity contribution in [2.75, 3.05) is 0 Å². The second-order valence-electron chi connectivity index (χ2n) is 4.15. The highest BCUT2D eigenvalue weighted by molar-refractivity contribution is 5.89. The highest BCUT2D eigenvalue weighted by atomic mass is 16.4. The van der Waals surface area contributed by atoms with Crippen LogP contribution >= 0.6 is 0 Å². The van der Waals surface area contributed by atoms with Crippen LogP contribution in [-0.4, -0.2) is 11.1 Å². The summed E-state index contributed by atoms with van der Waals surface area (Å²) in [5.74, 6) is -0.0301. The summed E-state index contributed by atoms with van der Waals surface area (Å²) < 4.78 is 0. The second kappa shape index (κ2) is 4.96. The Bertz CT molecular complexity index is 342. The van der Waals surface area contributed by atoms with Gasteiger partial charge in [-0.3, -0.25) is 0 Å². The van der Waals surface area contributed by atoms with Crippen molar-refractivity contribution in [1.29, 1.82) is 0 Å². The van der Waals surface area contributed by atoms with E-state index in [-0.39, 0.29) is 0 Å². The number of hydrogen-bond acceptors (Lipinski definition) is 1. The highest BCUT2D eigenvalue weighted by Gasteiger charge is 2.19. The monoisotopic (exact) mass is 206 g/mol. The van der Waals surface area contributed by atoms with E-state index in [1.165, 1.54) is 0 Å². The van der Waals surface area contributed by atoms with Crippen molar-refractivity contribution >= 4 is 5.97 Å². The van der Waals surface area contributed by atoms with Gasteiger partial charge in [0, 0.05) is 0 Å². The molecule has 0 aromatic heterocycles. The summed E-state index contributed by atoms with van der Waals surface area (Å²) >= 11 is 0. The van der Waals surface area contributed by atoms with Gasteiger partial charge in [0.15, 0.2) is 0 Å². The maximum absolute atomic E-state index is 11.1. The van der Waals surface area contributed by atoms with Crippen LogP contribution in [0.5, 0.6) is 0 Å². The summed E-state index contributed by atoms with van der Waals surface area (Å²) in [6.45, 7) is 6.36. The molecule has 0 heterocycles. The van der Waals surface area contributed by atoms with Crippen LogP contribution in [0.4, 0.5) is 0 Å². The van der Waals surface area contributed by atoms with Crippen molar-refractivity contribution in [2.45, 2.75) is 33.1 Å². The van der Waals surface area contributed by atoms with E-state index in [2.05, 4.69) is 20.8 Å². The maximum atomic E-state index is 11.1. The Morgan fingerprint density at radius 3 is 2.40 bits per heavy atom. The van der Waals surface area contributed by atoms with Crippen molar-refractivity contribution in [3.8, 4) is 0 Å². The fraction of sp³-hybridized carbons (Fsp3) is 0.462. The molecule has 0 aliphatic carbocycles. The number of carbonyl (C=O) groups is 1. The van der Waals surface area contributed by atoms with Gasteiger partial charge in [0.05, 0.1) is 5.56 Å². The predicted molar refractivity (Wildman–Crippen MR) is 61.3 cm³/mol. The van der Waals surface area contributed by atoms with E-state index < -0.39 is 5.97 Å². The average molecular weight is 206 g/mol. The zero-order valence-electron chi connectivity index (χ0n) is 9.53. The Morgan fingerprint density at radius 1 is 1.33 bits per heavy atom. The molecule has 1 aromatic rings. The first kappa shape index (κ1) is 11.8. The summed E-state index contributed by atoms with van der Waals surface area (Å²) in [5.41, 5.74) is 1.40. The fourth-order valence-corrected chi connectivity index (χ4v) is 2.07. The Hall–Kier alpha value is -1.31. The molecule has 1 N–H and O–H groups in total. The lowest BCUT2D eigenvalue weighted by atomic mass is 9.84. The molecular formula is C13H18O2. The quantitative estimate of drug-likeness (QED) is 0.818. The van der Waals surface area contributed by atoms with Gasteiger partial charge >= 0.3 is 5.97 Å². The van der Waals surface area contributed by atoms with Crippen LogP contribution in [0.25, 0.3) is 0 Å². The van der Waals surface area contributed by atoms with Crippen LogP contribution in [0.15, 0.2) is 24.3 Å². The molecule has 2 nitrogen and oxygen atoms in total. The van der Waals surface area contributed by atoms with Gasteiger partial charge in [-0.15, -0.1) is 0 Å². The van der Waals surface area contributed by atoms with Gasteiger partial charge in [0.1, 0.15) is 0 Å². The first-order valence-corrected chi connectivity index (χ1v) is 5.40. The van der Waals surface area contributed by atoms with E-state index in [0.29, 0.717) is 17.4 Å². The normalized spacial score (nSPS) is 12.8. The largest absolute Gasteiger partial charge is 0.478 e. The van der Waals surface area contributed by atoms with E-state index in [1.807, 2.05) is 12.1 Å². The van der Waals surface area contributed by atoms with Gasteiger partial charge in [-0.1, -0.05) is 39.0 Å². The first-order valence-electron chi connectivity index (χ1n) is 5.40. The molecule has 0 spiro atoms. The van der Waals surface area contributed by atoms with E-state index in [1.54, 1.807) is 12.1 Å². The van der Waals surface area contributed by atoms with E-state index in [9.17, 15) is 4.79 Å². The Kier molecular flexibility index (Phi) is 3.89. The maximum Gasteiger partial charge on any atom is 0.335 e. The molecule has 0 saturated carbocycles. The summed E-state index contributed by atoms with van der Waals surface area (Å²) in [7, 11) is 0. The molecule has 0 amide bonds. The van der Waals surface area contributed by atoms with Crippen LogP contribution in [-0.2, 0) is 0 Å². The average Bonchev–Trinajstić information content (AvgIpc) is 2.18. The SMILES string of the molecule is CC[C@H](c1ccccc1C(=O)O)C(C)C. The lowest BCUT2D eigenvalue weighted by Gasteiger charge is -2.21. The van der Waals surface area contributed by atoms with Crippen LogP contribution in [0.3, 0.4) is 0 Å². The Balaban J connectivity index is 3.16. The highest BCUT2D eigenvalue weighted by Crippen LogP contribution is 2.30. The zero-order valence-corrected chi connectivity index (χ0v) is 9.53. The minimum Gasteiger partial charge on any atom is -0.478 e. The molecule has 0 unspecified atom stereocenters. The molecule has 1 atom stereocenters. The molecule has 0 fully saturated rings. The molecule has 0 saturated heterocycles. The van der Waals surface area contributed by atoms with E-state index in [0.717, 1.165) is 12.0 Å². The van der Waals surface area contributed by atoms with Gasteiger partial charge in [-0.25, -0.2) is 4.79 Å². The first-order chi connectivity index (χ1) is 7.07. The van der Waals surface area contributed by atoms with Gasteiger partial charge in [-0.05, 0) is 29.9 Å². The lowest BCUT2D eigenvalue weighted by molar-refractivity contribution is 0.0694. The number of carboxylic acids is 1. The fourth-order valence-electron chi connectivity index (χ4n) is 2.07. The Labute approximate surface area is 90.9 Å². The molecule has 0 radical (unpaired) electrons. The summed E-state index contributed by atoms with van der Waals surface area (Å²) in [6, 6.07) is 7.30. The van der Waals surface area contributed by atoms with Gasteiger partial charge in [-0.2, -0.15) is 0 Å². The summed E-state index contributed by atoms with van der Waals surface area (Å²) in [6.07, 6.45) is 0.974. The number of benzene rings is 1. The molecule has 2 heteroatoms. The second-order valence-corrected chi connectivity index (χ2v) is 4.15. The van der Waals surface area contributed by atoms with Crippen molar-refractivity contribution in [3.63, 3.8) is 0 Å². The molecule has 0 bridgehead atoms. The minimum absolute atomic E-state index is 0.331. The molecule has 1 rings (SSSR count). The van der Waals surface area contributed by atoms with Crippen LogP contribution in [0, 0.1) is 5.92 Å². The molecule has 0 aliphatic rings. The molecule has 15 heavy (non-hydrogen) atoms. The molecule has 0 aliphatic heterocycles. The predicted octanol–water partition coefficient (Wildman–Crippen LogP) is 3.53. The third-order valence-corrected chi connectivity index (χ3v) is 2.84. The van der Waals surface area contributed by atoms with Gasteiger partial charge in [0.25, 0.3) is 0 Å². The van der Waals surface area contributed by atoms with Gasteiger partial charge in [0.2, 0.25) is 0 Å². The van der Waals surface area contributed by atoms with Crippen molar-refractivity contribution < 1.29 is 9.90 Å². The minimum atomic E-state index is -0.829. The van der Waals surface area contributed by atoms with E-state index >= 15 is 0 Å². The zero-order chi connectivity index (χ0) is 11.4. The third kappa shape index (κ3) is 2.58. The van der Waals surface area contributed by atoms with Crippen molar-refractivity contribution in [1.82, 2.24) is 0 Å².